The Labute approximate surface area is 86.7 Å². The molecule has 0 rings (SSSR count). The summed E-state index contributed by atoms with van der Waals surface area (Å²) in [4.78, 5) is 20.1. The summed E-state index contributed by atoms with van der Waals surface area (Å²) in [5.74, 6) is -1.02. The summed E-state index contributed by atoms with van der Waals surface area (Å²) in [5.41, 5.74) is 0. The topological polar surface area (TPSA) is 43.4 Å². The van der Waals surface area contributed by atoms with E-state index < -0.39 is 11.9 Å². The minimum Gasteiger partial charge on any atom is -1.00 e. The molecule has 0 spiro atoms. The van der Waals surface area contributed by atoms with Crippen LogP contribution in [-0.2, 0) is 14.3 Å². The first kappa shape index (κ1) is 12.1. The number of ether oxygens (including phenoxy) is 1. The van der Waals surface area contributed by atoms with Gasteiger partial charge in [0.15, 0.2) is 0 Å². The van der Waals surface area contributed by atoms with Crippen LogP contribution in [0.25, 0.3) is 0 Å². The fraction of sp³-hybridized carbons (Fsp3) is 0.600. The molecule has 0 unspecified atom stereocenters. The summed E-state index contributed by atoms with van der Waals surface area (Å²) in [6.45, 7) is 2.83. The first-order valence-electron chi connectivity index (χ1n) is 2.38. The minimum absolute atomic E-state index is 0. The van der Waals surface area contributed by atoms with Crippen molar-refractivity contribution in [3.8, 4) is 0 Å². The summed E-state index contributed by atoms with van der Waals surface area (Å²) < 4.78 is 4.12. The second kappa shape index (κ2) is 6.52. The molecule has 0 aromatic heterocycles. The third-order valence-corrected chi connectivity index (χ3v) is 0.546. The zero-order valence-corrected chi connectivity index (χ0v) is 7.85. The molecule has 0 heterocycles. The molecule has 0 aromatic rings. The molecular formula is C5H10CaO3. The fourth-order valence-electron chi connectivity index (χ4n) is 0.232. The van der Waals surface area contributed by atoms with E-state index in [0.717, 1.165) is 0 Å². The molecule has 0 aromatic carbocycles. The number of carbonyl (C=O) groups excluding carboxylic acids is 2. The Bertz CT molecular complexity index is 118. The molecule has 4 heteroatoms. The van der Waals surface area contributed by atoms with Gasteiger partial charge in [0.2, 0.25) is 0 Å². The van der Waals surface area contributed by atoms with Gasteiger partial charge in [-0.3, -0.25) is 9.59 Å². The molecule has 0 fully saturated rings. The van der Waals surface area contributed by atoms with E-state index in [4.69, 9.17) is 0 Å². The summed E-state index contributed by atoms with van der Waals surface area (Å²) in [6.07, 6.45) is 0.250. The van der Waals surface area contributed by atoms with Crippen molar-refractivity contribution in [1.29, 1.82) is 0 Å². The van der Waals surface area contributed by atoms with E-state index in [1.807, 2.05) is 0 Å². The van der Waals surface area contributed by atoms with E-state index in [1.165, 1.54) is 6.92 Å². The van der Waals surface area contributed by atoms with Crippen LogP contribution in [0.4, 0.5) is 0 Å². The molecule has 3 nitrogen and oxygen atoms in total. The monoisotopic (exact) mass is 158 g/mol. The van der Waals surface area contributed by atoms with Gasteiger partial charge in [0.25, 0.3) is 0 Å². The van der Waals surface area contributed by atoms with E-state index in [1.54, 1.807) is 6.92 Å². The second-order valence-electron chi connectivity index (χ2n) is 1.32. The number of hydrogen-bond acceptors (Lipinski definition) is 3. The molecule has 0 saturated heterocycles. The van der Waals surface area contributed by atoms with Gasteiger partial charge in [-0.1, -0.05) is 6.92 Å². The van der Waals surface area contributed by atoms with Gasteiger partial charge < -0.3 is 7.59 Å². The minimum atomic E-state index is -0.545. The van der Waals surface area contributed by atoms with Crippen molar-refractivity contribution in [2.24, 2.45) is 0 Å². The largest absolute Gasteiger partial charge is 2.00 e. The van der Waals surface area contributed by atoms with Crippen molar-refractivity contribution < 1.29 is 17.2 Å². The van der Waals surface area contributed by atoms with Gasteiger partial charge in [0, 0.05) is 13.3 Å². The standard InChI is InChI=1S/C5H8O3.Ca.2H/c1-3-5(7)8-4(2)6;;;/h3H2,1-2H3;;;/q;+2;2*-1. The van der Waals surface area contributed by atoms with Gasteiger partial charge >= 0.3 is 49.7 Å². The van der Waals surface area contributed by atoms with Gasteiger partial charge in [-0.25, -0.2) is 0 Å². The van der Waals surface area contributed by atoms with Gasteiger partial charge in [0.05, 0.1) is 0 Å². The summed E-state index contributed by atoms with van der Waals surface area (Å²) in [5, 5.41) is 0. The van der Waals surface area contributed by atoms with Crippen LogP contribution in [0.5, 0.6) is 0 Å². The van der Waals surface area contributed by atoms with Crippen LogP contribution in [0.2, 0.25) is 0 Å². The van der Waals surface area contributed by atoms with Gasteiger partial charge in [0.1, 0.15) is 0 Å². The molecule has 50 valence electrons. The van der Waals surface area contributed by atoms with Crippen LogP contribution in [0.3, 0.4) is 0 Å². The van der Waals surface area contributed by atoms with Crippen molar-refractivity contribution >= 4 is 49.7 Å². The smallest absolute Gasteiger partial charge is 1.00 e. The van der Waals surface area contributed by atoms with E-state index in [9.17, 15) is 9.59 Å². The van der Waals surface area contributed by atoms with Crippen molar-refractivity contribution in [1.82, 2.24) is 0 Å². The van der Waals surface area contributed by atoms with Crippen molar-refractivity contribution in [2.75, 3.05) is 0 Å². The van der Waals surface area contributed by atoms with Crippen molar-refractivity contribution in [2.45, 2.75) is 20.3 Å². The summed E-state index contributed by atoms with van der Waals surface area (Å²) in [6, 6.07) is 0. The zero-order chi connectivity index (χ0) is 6.57. The quantitative estimate of drug-likeness (QED) is 0.314. The molecule has 9 heavy (non-hydrogen) atoms. The maximum absolute atomic E-state index is 10.2. The Morgan fingerprint density at radius 1 is 1.56 bits per heavy atom. The van der Waals surface area contributed by atoms with E-state index in [2.05, 4.69) is 4.74 Å². The molecule has 0 aliphatic rings. The number of hydrogen-bond donors (Lipinski definition) is 0. The van der Waals surface area contributed by atoms with Crippen molar-refractivity contribution in [3.63, 3.8) is 0 Å². The van der Waals surface area contributed by atoms with Crippen LogP contribution in [0.1, 0.15) is 23.1 Å². The average molecular weight is 158 g/mol. The maximum Gasteiger partial charge on any atom is 2.00 e. The summed E-state index contributed by atoms with van der Waals surface area (Å²) in [7, 11) is 0. The van der Waals surface area contributed by atoms with E-state index in [0.29, 0.717) is 0 Å². The average Bonchev–Trinajstić information content (AvgIpc) is 1.65. The Morgan fingerprint density at radius 2 is 2.00 bits per heavy atom. The van der Waals surface area contributed by atoms with Crippen molar-refractivity contribution in [3.05, 3.63) is 0 Å². The maximum atomic E-state index is 10.2. The van der Waals surface area contributed by atoms with E-state index >= 15 is 0 Å². The van der Waals surface area contributed by atoms with Crippen LogP contribution >= 0.6 is 0 Å². The molecule has 0 radical (unpaired) electrons. The van der Waals surface area contributed by atoms with E-state index in [-0.39, 0.29) is 47.0 Å². The van der Waals surface area contributed by atoms with Gasteiger partial charge in [-0.15, -0.1) is 0 Å². The molecule has 0 bridgehead atoms. The van der Waals surface area contributed by atoms with Crippen LogP contribution in [0, 0.1) is 0 Å². The molecule has 0 aliphatic carbocycles. The van der Waals surface area contributed by atoms with Gasteiger partial charge in [-0.05, 0) is 0 Å². The molecule has 0 atom stereocenters. The summed E-state index contributed by atoms with van der Waals surface area (Å²) >= 11 is 0. The first-order chi connectivity index (χ1) is 3.66. The second-order valence-corrected chi connectivity index (χ2v) is 1.32. The van der Waals surface area contributed by atoms with Crippen LogP contribution in [-0.4, -0.2) is 49.7 Å². The van der Waals surface area contributed by atoms with Crippen LogP contribution in [0.15, 0.2) is 0 Å². The van der Waals surface area contributed by atoms with Gasteiger partial charge in [-0.2, -0.15) is 0 Å². The molecule has 0 aliphatic heterocycles. The zero-order valence-electron chi connectivity index (χ0n) is 7.64. The first-order valence-corrected chi connectivity index (χ1v) is 2.38. The SMILES string of the molecule is CCC(=O)OC(C)=O.[Ca+2].[H-].[H-]. The number of carbonyl (C=O) groups is 2. The molecular weight excluding hydrogens is 148 g/mol. The Balaban J connectivity index is -0.0000000817. The van der Waals surface area contributed by atoms with Crippen LogP contribution < -0.4 is 0 Å². The third-order valence-electron chi connectivity index (χ3n) is 0.546. The Morgan fingerprint density at radius 3 is 2.11 bits per heavy atom. The Kier molecular flexibility index (Phi) is 8.77. The molecule has 0 saturated carbocycles. The third kappa shape index (κ3) is 8.40. The fourth-order valence-corrected chi connectivity index (χ4v) is 0.232. The number of esters is 2. The Hall–Kier alpha value is 0.400. The normalized spacial score (nSPS) is 7.33. The predicted octanol–water partition coefficient (Wildman–Crippen LogP) is 0.330. The molecule has 0 amide bonds. The number of rotatable bonds is 1. The predicted molar refractivity (Wildman–Crippen MR) is 35.0 cm³/mol. The molecule has 0 N–H and O–H groups in total.